The highest BCUT2D eigenvalue weighted by molar-refractivity contribution is 5.66. The highest BCUT2D eigenvalue weighted by atomic mass is 19.3. The molecule has 0 radical (unpaired) electrons. The predicted molar refractivity (Wildman–Crippen MR) is 124 cm³/mol. The molecule has 200 valence electrons. The summed E-state index contributed by atoms with van der Waals surface area (Å²) in [5, 5.41) is 0. The number of ether oxygens (including phenoxy) is 1. The Kier molecular flexibility index (Phi) is 8.44. The van der Waals surface area contributed by atoms with Gasteiger partial charge < -0.3 is 4.74 Å². The standard InChI is InChI=1S/C26H13F9O.C2H6/c1-12-2-4-16(18(27)6-12)13-7-20(29)24(21(30)8-13)26(34,35)36-15-3-5-17(19(28)11-15)14-9-22(31)25(33)23(32)10-14;1-2/h2-11H,1H3;1-2H3. The molecule has 0 aliphatic carbocycles. The molecule has 0 N–H and O–H groups in total. The van der Waals surface area contributed by atoms with Crippen molar-refractivity contribution in [2.45, 2.75) is 26.9 Å². The second-order valence-electron chi connectivity index (χ2n) is 7.81. The Hall–Kier alpha value is -3.95. The zero-order valence-electron chi connectivity index (χ0n) is 20.1. The van der Waals surface area contributed by atoms with Gasteiger partial charge in [-0.3, -0.25) is 0 Å². The quantitative estimate of drug-likeness (QED) is 0.180. The zero-order valence-corrected chi connectivity index (χ0v) is 20.1. The molecule has 0 aromatic heterocycles. The monoisotopic (exact) mass is 542 g/mol. The van der Waals surface area contributed by atoms with Crippen molar-refractivity contribution in [3.8, 4) is 28.0 Å². The van der Waals surface area contributed by atoms with Crippen LogP contribution in [0.15, 0.2) is 60.7 Å². The number of alkyl halides is 2. The van der Waals surface area contributed by atoms with E-state index in [-0.39, 0.29) is 11.1 Å². The van der Waals surface area contributed by atoms with E-state index in [1.807, 2.05) is 13.8 Å². The molecule has 10 heteroatoms. The lowest BCUT2D eigenvalue weighted by Gasteiger charge is -2.20. The van der Waals surface area contributed by atoms with Crippen LogP contribution >= 0.6 is 0 Å². The lowest BCUT2D eigenvalue weighted by Crippen LogP contribution is -2.25. The molecule has 0 atom stereocenters. The van der Waals surface area contributed by atoms with Gasteiger partial charge in [-0.1, -0.05) is 26.0 Å². The number of halogens is 9. The minimum absolute atomic E-state index is 0.222. The molecule has 4 aromatic carbocycles. The van der Waals surface area contributed by atoms with Gasteiger partial charge in [0.05, 0.1) is 0 Å². The van der Waals surface area contributed by atoms with Gasteiger partial charge in [-0.25, -0.2) is 30.7 Å². The maximum absolute atomic E-state index is 14.7. The van der Waals surface area contributed by atoms with Crippen LogP contribution < -0.4 is 4.74 Å². The van der Waals surface area contributed by atoms with Gasteiger partial charge >= 0.3 is 6.11 Å². The van der Waals surface area contributed by atoms with E-state index in [1.165, 1.54) is 12.1 Å². The van der Waals surface area contributed by atoms with Crippen LogP contribution in [0.2, 0.25) is 0 Å². The van der Waals surface area contributed by atoms with E-state index >= 15 is 0 Å². The molecule has 0 amide bonds. The van der Waals surface area contributed by atoms with Crippen LogP contribution in [0.4, 0.5) is 39.5 Å². The van der Waals surface area contributed by atoms with E-state index in [1.54, 1.807) is 6.92 Å². The van der Waals surface area contributed by atoms with Gasteiger partial charge in [0.25, 0.3) is 0 Å². The van der Waals surface area contributed by atoms with Crippen molar-refractivity contribution in [2.24, 2.45) is 0 Å². The van der Waals surface area contributed by atoms with Crippen molar-refractivity contribution in [1.82, 2.24) is 0 Å². The summed E-state index contributed by atoms with van der Waals surface area (Å²) in [4.78, 5) is 0. The Labute approximate surface area is 212 Å². The van der Waals surface area contributed by atoms with Crippen molar-refractivity contribution < 1.29 is 44.3 Å². The fraction of sp³-hybridized carbons (Fsp3) is 0.143. The molecule has 38 heavy (non-hydrogen) atoms. The van der Waals surface area contributed by atoms with Crippen LogP contribution in [0.3, 0.4) is 0 Å². The lowest BCUT2D eigenvalue weighted by atomic mass is 10.0. The summed E-state index contributed by atoms with van der Waals surface area (Å²) in [6, 6.07) is 7.76. The van der Waals surface area contributed by atoms with Crippen LogP contribution in [0.1, 0.15) is 25.0 Å². The SMILES string of the molecule is CC.Cc1ccc(-c2cc(F)c(C(F)(F)Oc3ccc(-c4cc(F)c(F)c(F)c4)c(F)c3)c(F)c2)c(F)c1. The molecule has 0 saturated heterocycles. The summed E-state index contributed by atoms with van der Waals surface area (Å²) in [6.45, 7) is 5.58. The average Bonchev–Trinajstić information content (AvgIpc) is 2.82. The average molecular weight is 542 g/mol. The molecule has 0 saturated carbocycles. The van der Waals surface area contributed by atoms with Crippen LogP contribution in [-0.4, -0.2) is 0 Å². The van der Waals surface area contributed by atoms with Gasteiger partial charge in [-0.2, -0.15) is 8.78 Å². The first-order valence-electron chi connectivity index (χ1n) is 11.1. The van der Waals surface area contributed by atoms with Gasteiger partial charge in [-0.05, 0) is 66.1 Å². The topological polar surface area (TPSA) is 9.23 Å². The Morgan fingerprint density at radius 3 is 1.47 bits per heavy atom. The summed E-state index contributed by atoms with van der Waals surface area (Å²) in [5.41, 5.74) is -2.74. The van der Waals surface area contributed by atoms with Gasteiger partial charge in [0.15, 0.2) is 17.5 Å². The highest BCUT2D eigenvalue weighted by Gasteiger charge is 2.41. The number of hydrogen-bond acceptors (Lipinski definition) is 1. The first-order valence-corrected chi connectivity index (χ1v) is 11.1. The molecule has 1 nitrogen and oxygen atoms in total. The first kappa shape index (κ1) is 28.6. The summed E-state index contributed by atoms with van der Waals surface area (Å²) in [5.74, 6) is -11.5. The van der Waals surface area contributed by atoms with Crippen LogP contribution in [0.25, 0.3) is 22.3 Å². The van der Waals surface area contributed by atoms with Crippen molar-refractivity contribution >= 4 is 0 Å². The third-order valence-electron chi connectivity index (χ3n) is 5.25. The number of hydrogen-bond donors (Lipinski definition) is 0. The fourth-order valence-corrected chi connectivity index (χ4v) is 3.56. The number of aryl methyl sites for hydroxylation is 1. The Bertz CT molecular complexity index is 1440. The summed E-state index contributed by atoms with van der Waals surface area (Å²) >= 11 is 0. The molecule has 0 fully saturated rings. The molecule has 0 aliphatic heterocycles. The van der Waals surface area contributed by atoms with Gasteiger partial charge in [0.2, 0.25) is 0 Å². The Balaban J connectivity index is 0.00000195. The van der Waals surface area contributed by atoms with Gasteiger partial charge in [0.1, 0.15) is 34.6 Å². The van der Waals surface area contributed by atoms with E-state index < -0.39 is 69.3 Å². The molecule has 0 unspecified atom stereocenters. The third kappa shape index (κ3) is 5.79. The number of benzene rings is 4. The number of rotatable bonds is 5. The summed E-state index contributed by atoms with van der Waals surface area (Å²) in [6.07, 6.45) is -4.64. The molecule has 4 rings (SSSR count). The largest absolute Gasteiger partial charge is 0.432 e. The molecule has 0 aliphatic rings. The maximum Gasteiger partial charge on any atom is 0.432 e. The lowest BCUT2D eigenvalue weighted by molar-refractivity contribution is -0.189. The second kappa shape index (κ2) is 11.2. The fourth-order valence-electron chi connectivity index (χ4n) is 3.56. The van der Waals surface area contributed by atoms with E-state index in [4.69, 9.17) is 0 Å². The first-order chi connectivity index (χ1) is 17.9. The maximum atomic E-state index is 14.7. The predicted octanol–water partition coefficient (Wildman–Crippen LogP) is 9.46. The normalized spacial score (nSPS) is 11.2. The van der Waals surface area contributed by atoms with Crippen molar-refractivity contribution in [1.29, 1.82) is 0 Å². The van der Waals surface area contributed by atoms with E-state index in [0.29, 0.717) is 35.9 Å². The van der Waals surface area contributed by atoms with Gasteiger partial charge in [-0.15, -0.1) is 0 Å². The van der Waals surface area contributed by atoms with Crippen LogP contribution in [0.5, 0.6) is 5.75 Å². The van der Waals surface area contributed by atoms with Crippen LogP contribution in [0, 0.1) is 47.6 Å². The van der Waals surface area contributed by atoms with Gasteiger partial charge in [0, 0.05) is 17.2 Å². The molecule has 0 spiro atoms. The van der Waals surface area contributed by atoms with Crippen molar-refractivity contribution in [2.75, 3.05) is 0 Å². The molecule has 4 aromatic rings. The summed E-state index contributed by atoms with van der Waals surface area (Å²) < 4.78 is 132. The molecule has 0 heterocycles. The Morgan fingerprint density at radius 2 is 1.00 bits per heavy atom. The summed E-state index contributed by atoms with van der Waals surface area (Å²) in [7, 11) is 0. The van der Waals surface area contributed by atoms with E-state index in [9.17, 15) is 39.5 Å². The molecule has 0 bridgehead atoms. The highest BCUT2D eigenvalue weighted by Crippen LogP contribution is 2.38. The van der Waals surface area contributed by atoms with E-state index in [2.05, 4.69) is 4.74 Å². The Morgan fingerprint density at radius 1 is 0.553 bits per heavy atom. The zero-order chi connectivity index (χ0) is 28.4. The third-order valence-corrected chi connectivity index (χ3v) is 5.25. The smallest absolute Gasteiger partial charge is 0.429 e. The van der Waals surface area contributed by atoms with Crippen molar-refractivity contribution in [3.63, 3.8) is 0 Å². The molecular weight excluding hydrogens is 523 g/mol. The van der Waals surface area contributed by atoms with Crippen LogP contribution in [-0.2, 0) is 6.11 Å². The minimum atomic E-state index is -4.64. The van der Waals surface area contributed by atoms with Crippen molar-refractivity contribution in [3.05, 3.63) is 113 Å². The molecular formula is C28H19F9O. The van der Waals surface area contributed by atoms with E-state index in [0.717, 1.165) is 18.2 Å². The second-order valence-corrected chi connectivity index (χ2v) is 7.81. The minimum Gasteiger partial charge on any atom is -0.429 e.